The maximum absolute atomic E-state index is 11.6. The Hall–Kier alpha value is -0.850. The minimum atomic E-state index is 0.360. The molecule has 0 aliphatic heterocycles. The highest BCUT2D eigenvalue weighted by atomic mass is 16.1. The van der Waals surface area contributed by atoms with E-state index in [1.165, 1.54) is 50.5 Å². The zero-order valence-electron chi connectivity index (χ0n) is 12.0. The van der Waals surface area contributed by atoms with Crippen molar-refractivity contribution in [2.24, 2.45) is 17.3 Å². The zero-order valence-corrected chi connectivity index (χ0v) is 12.0. The summed E-state index contributed by atoms with van der Waals surface area (Å²) in [5.41, 5.74) is 5.43. The lowest BCUT2D eigenvalue weighted by atomic mass is 9.58. The average Bonchev–Trinajstić information content (AvgIpc) is 2.79. The first-order chi connectivity index (χ1) is 9.17. The van der Waals surface area contributed by atoms with Gasteiger partial charge in [0.25, 0.3) is 0 Å². The Balaban J connectivity index is 1.75. The predicted molar refractivity (Wildman–Crippen MR) is 76.8 cm³/mol. The zero-order chi connectivity index (χ0) is 13.0. The first-order valence-corrected chi connectivity index (χ1v) is 8.13. The molecule has 19 heavy (non-hydrogen) atoms. The maximum Gasteiger partial charge on any atom is 0.156 e. The highest BCUT2D eigenvalue weighted by Gasteiger charge is 2.48. The third-order valence-corrected chi connectivity index (χ3v) is 6.51. The van der Waals surface area contributed by atoms with Gasteiger partial charge in [-0.1, -0.05) is 18.9 Å². The molecule has 0 bridgehead atoms. The van der Waals surface area contributed by atoms with Crippen molar-refractivity contribution in [3.05, 3.63) is 22.8 Å². The van der Waals surface area contributed by atoms with Crippen LogP contribution < -0.4 is 0 Å². The SMILES string of the molecule is C[C@@]12CCCC1C1CCC3=CC(=O)CCC3=C1CC2. The van der Waals surface area contributed by atoms with Gasteiger partial charge in [-0.25, -0.2) is 0 Å². The highest BCUT2D eigenvalue weighted by molar-refractivity contribution is 5.93. The van der Waals surface area contributed by atoms with Crippen LogP contribution in [0.1, 0.15) is 64.7 Å². The second-order valence-electron chi connectivity index (χ2n) is 7.44. The van der Waals surface area contributed by atoms with Crippen molar-refractivity contribution in [3.8, 4) is 0 Å². The summed E-state index contributed by atoms with van der Waals surface area (Å²) >= 11 is 0. The van der Waals surface area contributed by atoms with Crippen LogP contribution in [0.15, 0.2) is 22.8 Å². The Kier molecular flexibility index (Phi) is 2.56. The minimum absolute atomic E-state index is 0.360. The van der Waals surface area contributed by atoms with Gasteiger partial charge in [0.1, 0.15) is 0 Å². The van der Waals surface area contributed by atoms with Crippen molar-refractivity contribution in [1.29, 1.82) is 0 Å². The van der Waals surface area contributed by atoms with Crippen molar-refractivity contribution in [3.63, 3.8) is 0 Å². The number of carbonyl (C=O) groups is 1. The van der Waals surface area contributed by atoms with Crippen LogP contribution in [-0.4, -0.2) is 5.78 Å². The van der Waals surface area contributed by atoms with Crippen LogP contribution >= 0.6 is 0 Å². The third kappa shape index (κ3) is 1.70. The van der Waals surface area contributed by atoms with E-state index in [-0.39, 0.29) is 0 Å². The molecule has 0 saturated heterocycles. The van der Waals surface area contributed by atoms with Gasteiger partial charge in [-0.2, -0.15) is 0 Å². The van der Waals surface area contributed by atoms with Crippen molar-refractivity contribution in [1.82, 2.24) is 0 Å². The van der Waals surface area contributed by atoms with Crippen LogP contribution in [-0.2, 0) is 4.79 Å². The topological polar surface area (TPSA) is 17.1 Å². The number of rotatable bonds is 0. The van der Waals surface area contributed by atoms with Gasteiger partial charge in [-0.05, 0) is 79.4 Å². The lowest BCUT2D eigenvalue weighted by molar-refractivity contribution is -0.114. The Labute approximate surface area is 116 Å². The van der Waals surface area contributed by atoms with E-state index in [0.29, 0.717) is 11.2 Å². The standard InChI is InChI=1S/C18H24O/c1-18-9-2-3-17(18)16-6-4-12-11-13(19)5-7-14(12)15(16)8-10-18/h11,16-17H,2-10H2,1H3/t16?,17?,18-/m0/s1. The van der Waals surface area contributed by atoms with Gasteiger partial charge in [0, 0.05) is 6.42 Å². The molecule has 0 spiro atoms. The molecule has 1 nitrogen and oxygen atoms in total. The van der Waals surface area contributed by atoms with E-state index in [4.69, 9.17) is 0 Å². The summed E-state index contributed by atoms with van der Waals surface area (Å²) in [5, 5.41) is 0. The minimum Gasteiger partial charge on any atom is -0.295 e. The molecule has 2 saturated carbocycles. The van der Waals surface area contributed by atoms with Crippen molar-refractivity contribution >= 4 is 5.78 Å². The van der Waals surface area contributed by atoms with Crippen LogP contribution in [0.3, 0.4) is 0 Å². The fourth-order valence-corrected chi connectivity index (χ4v) is 5.52. The monoisotopic (exact) mass is 256 g/mol. The fourth-order valence-electron chi connectivity index (χ4n) is 5.52. The molecule has 0 N–H and O–H groups in total. The molecule has 4 aliphatic rings. The van der Waals surface area contributed by atoms with Gasteiger partial charge in [-0.3, -0.25) is 4.79 Å². The molecule has 0 aromatic heterocycles. The Bertz CT molecular complexity index is 496. The van der Waals surface area contributed by atoms with Crippen molar-refractivity contribution in [2.75, 3.05) is 0 Å². The second kappa shape index (κ2) is 4.07. The third-order valence-electron chi connectivity index (χ3n) is 6.51. The quantitative estimate of drug-likeness (QED) is 0.620. The molecule has 0 heterocycles. The number of hydrogen-bond acceptors (Lipinski definition) is 1. The van der Waals surface area contributed by atoms with E-state index in [1.54, 1.807) is 11.1 Å². The fraction of sp³-hybridized carbons (Fsp3) is 0.722. The van der Waals surface area contributed by atoms with E-state index >= 15 is 0 Å². The molecule has 4 rings (SSSR count). The summed E-state index contributed by atoms with van der Waals surface area (Å²) in [6.45, 7) is 2.54. The molecule has 2 unspecified atom stereocenters. The molecular weight excluding hydrogens is 232 g/mol. The predicted octanol–water partition coefficient (Wildman–Crippen LogP) is 4.58. The number of carbonyl (C=O) groups excluding carboxylic acids is 1. The molecule has 0 radical (unpaired) electrons. The van der Waals surface area contributed by atoms with Gasteiger partial charge in [-0.15, -0.1) is 0 Å². The molecule has 102 valence electrons. The van der Waals surface area contributed by atoms with Crippen LogP contribution in [0.2, 0.25) is 0 Å². The number of fused-ring (bicyclic) bond motifs is 4. The summed E-state index contributed by atoms with van der Waals surface area (Å²) < 4.78 is 0. The average molecular weight is 256 g/mol. The summed E-state index contributed by atoms with van der Waals surface area (Å²) in [5.74, 6) is 2.17. The normalized spacial score (nSPS) is 41.5. The Morgan fingerprint density at radius 2 is 2.00 bits per heavy atom. The molecule has 0 amide bonds. The van der Waals surface area contributed by atoms with E-state index in [9.17, 15) is 4.79 Å². The van der Waals surface area contributed by atoms with E-state index in [0.717, 1.165) is 24.7 Å². The molecular formula is C18H24O. The van der Waals surface area contributed by atoms with Crippen LogP contribution in [0.4, 0.5) is 0 Å². The number of ketones is 1. The summed E-state index contributed by atoms with van der Waals surface area (Å²) in [7, 11) is 0. The lowest BCUT2D eigenvalue weighted by Gasteiger charge is -2.47. The van der Waals surface area contributed by atoms with Crippen molar-refractivity contribution < 1.29 is 4.79 Å². The van der Waals surface area contributed by atoms with Gasteiger partial charge < -0.3 is 0 Å². The van der Waals surface area contributed by atoms with Gasteiger partial charge in [0.15, 0.2) is 5.78 Å². The molecule has 4 aliphatic carbocycles. The highest BCUT2D eigenvalue weighted by Crippen LogP contribution is 2.59. The molecule has 2 fully saturated rings. The number of allylic oxidation sites excluding steroid dienone is 4. The van der Waals surface area contributed by atoms with Crippen LogP contribution in [0.25, 0.3) is 0 Å². The molecule has 1 heteroatoms. The molecule has 0 aromatic rings. The Morgan fingerprint density at radius 3 is 2.89 bits per heavy atom. The first kappa shape index (κ1) is 11.9. The first-order valence-electron chi connectivity index (χ1n) is 8.13. The smallest absolute Gasteiger partial charge is 0.156 e. The van der Waals surface area contributed by atoms with Crippen molar-refractivity contribution in [2.45, 2.75) is 64.7 Å². The largest absolute Gasteiger partial charge is 0.295 e. The molecule has 0 aromatic carbocycles. The van der Waals surface area contributed by atoms with E-state index in [2.05, 4.69) is 6.92 Å². The summed E-state index contributed by atoms with van der Waals surface area (Å²) in [6, 6.07) is 0. The van der Waals surface area contributed by atoms with Crippen LogP contribution in [0.5, 0.6) is 0 Å². The lowest BCUT2D eigenvalue weighted by Crippen LogP contribution is -2.36. The Morgan fingerprint density at radius 1 is 1.11 bits per heavy atom. The number of hydrogen-bond donors (Lipinski definition) is 0. The van der Waals surface area contributed by atoms with Crippen LogP contribution in [0, 0.1) is 17.3 Å². The van der Waals surface area contributed by atoms with Gasteiger partial charge in [0.05, 0.1) is 0 Å². The maximum atomic E-state index is 11.6. The van der Waals surface area contributed by atoms with Gasteiger partial charge in [0.2, 0.25) is 0 Å². The van der Waals surface area contributed by atoms with Gasteiger partial charge >= 0.3 is 0 Å². The summed E-state index contributed by atoms with van der Waals surface area (Å²) in [6.07, 6.45) is 13.3. The van der Waals surface area contributed by atoms with E-state index < -0.39 is 0 Å². The summed E-state index contributed by atoms with van der Waals surface area (Å²) in [4.78, 5) is 11.6. The second-order valence-corrected chi connectivity index (χ2v) is 7.44. The van der Waals surface area contributed by atoms with E-state index in [1.807, 2.05) is 6.08 Å². The molecule has 3 atom stereocenters.